The molecule has 11 heteroatoms. The molecule has 8 rings (SSSR count). The van der Waals surface area contributed by atoms with E-state index >= 15 is 0 Å². The van der Waals surface area contributed by atoms with Gasteiger partial charge in [0.15, 0.2) is 6.29 Å². The molecule has 0 radical (unpaired) electrons. The Morgan fingerprint density at radius 3 is 2.05 bits per heavy atom. The monoisotopic (exact) mass is 808 g/mol. The van der Waals surface area contributed by atoms with Crippen molar-refractivity contribution in [2.24, 2.45) is 5.92 Å². The van der Waals surface area contributed by atoms with Crippen molar-refractivity contribution in [1.82, 2.24) is 20.0 Å². The predicted octanol–water partition coefficient (Wildman–Crippen LogP) is 7.01. The summed E-state index contributed by atoms with van der Waals surface area (Å²) < 4.78 is 18.8. The highest BCUT2D eigenvalue weighted by Crippen LogP contribution is 2.42. The second-order valence-electron chi connectivity index (χ2n) is 16.0. The van der Waals surface area contributed by atoms with Crippen LogP contribution >= 0.6 is 0 Å². The summed E-state index contributed by atoms with van der Waals surface area (Å²) in [5, 5.41) is 12.2. The summed E-state index contributed by atoms with van der Waals surface area (Å²) in [5.74, 6) is -0.727. The molecule has 3 aliphatic heterocycles. The third-order valence-corrected chi connectivity index (χ3v) is 11.8. The van der Waals surface area contributed by atoms with Crippen LogP contribution in [0.5, 0.6) is 0 Å². The van der Waals surface area contributed by atoms with Gasteiger partial charge in [-0.3, -0.25) is 24.3 Å². The molecule has 310 valence electrons. The summed E-state index contributed by atoms with van der Waals surface area (Å²) in [4.78, 5) is 44.9. The van der Waals surface area contributed by atoms with Gasteiger partial charge in [-0.15, -0.1) is 0 Å². The zero-order chi connectivity index (χ0) is 41.4. The Morgan fingerprint density at radius 2 is 1.35 bits per heavy atom. The molecule has 5 atom stereocenters. The normalized spacial score (nSPS) is 22.5. The van der Waals surface area contributed by atoms with E-state index in [9.17, 15) is 19.5 Å². The minimum absolute atomic E-state index is 0.0123. The topological polar surface area (TPSA) is 121 Å². The number of piperazine rings is 1. The third-order valence-electron chi connectivity index (χ3n) is 11.8. The number of nitrogens with one attached hydrogen (secondary N) is 1. The fraction of sp³-hybridized carbons (Fsp3) is 0.327. The number of imide groups is 1. The minimum Gasteiger partial charge on any atom is -0.445 e. The van der Waals surface area contributed by atoms with E-state index in [2.05, 4.69) is 52.4 Å². The Labute approximate surface area is 351 Å². The van der Waals surface area contributed by atoms with Crippen LogP contribution in [0.25, 0.3) is 11.1 Å². The lowest BCUT2D eigenvalue weighted by Crippen LogP contribution is -2.51. The van der Waals surface area contributed by atoms with E-state index in [4.69, 9.17) is 14.2 Å². The molecule has 5 aromatic carbocycles. The van der Waals surface area contributed by atoms with Gasteiger partial charge in [0.25, 0.3) is 5.91 Å². The van der Waals surface area contributed by atoms with Crippen LogP contribution in [0.1, 0.15) is 59.1 Å². The van der Waals surface area contributed by atoms with Crippen molar-refractivity contribution >= 4 is 17.9 Å². The molecule has 0 saturated carbocycles. The van der Waals surface area contributed by atoms with Crippen LogP contribution in [0.15, 0.2) is 133 Å². The van der Waals surface area contributed by atoms with Gasteiger partial charge in [0.2, 0.25) is 5.91 Å². The van der Waals surface area contributed by atoms with Gasteiger partial charge in [-0.1, -0.05) is 134 Å². The second kappa shape index (κ2) is 19.1. The zero-order valence-electron chi connectivity index (χ0n) is 33.9. The Morgan fingerprint density at radius 1 is 0.700 bits per heavy atom. The number of hydrogen-bond acceptors (Lipinski definition) is 9. The first-order valence-electron chi connectivity index (χ1n) is 20.8. The van der Waals surface area contributed by atoms with Crippen LogP contribution in [0.3, 0.4) is 0 Å². The molecule has 11 nitrogen and oxygen atoms in total. The number of amides is 3. The van der Waals surface area contributed by atoms with E-state index in [1.807, 2.05) is 103 Å². The number of benzene rings is 5. The molecule has 3 aliphatic rings. The average molecular weight is 809 g/mol. The maximum absolute atomic E-state index is 13.2. The molecule has 3 saturated heterocycles. The SMILES string of the molecule is C[C@@H]1[C@H](CN2CCN(Cc3ccccc3)CC2)O[C@H](c2ccc(-c3cccc(CN4C(=O)CC(NC(=O)OCc5ccccc5)C4=O)c3)cc2)O[C@@H]1c1ccc(CO)cc1. The largest absolute Gasteiger partial charge is 0.445 e. The number of carbonyl (C=O) groups excluding carboxylic acids is 3. The Bertz CT molecular complexity index is 2210. The van der Waals surface area contributed by atoms with Crippen molar-refractivity contribution in [1.29, 1.82) is 0 Å². The van der Waals surface area contributed by atoms with E-state index in [0.717, 1.165) is 78.2 Å². The van der Waals surface area contributed by atoms with Gasteiger partial charge in [0, 0.05) is 50.7 Å². The number of likely N-dealkylation sites (tertiary alicyclic amines) is 1. The molecule has 3 heterocycles. The highest BCUT2D eigenvalue weighted by atomic mass is 16.7. The van der Waals surface area contributed by atoms with E-state index in [-0.39, 0.29) is 50.2 Å². The Balaban J connectivity index is 0.913. The number of alkyl carbamates (subject to hydrolysis) is 1. The summed E-state index contributed by atoms with van der Waals surface area (Å²) in [5.41, 5.74) is 7.66. The fourth-order valence-electron chi connectivity index (χ4n) is 8.29. The van der Waals surface area contributed by atoms with E-state index < -0.39 is 24.3 Å². The van der Waals surface area contributed by atoms with Crippen LogP contribution in [0.2, 0.25) is 0 Å². The van der Waals surface area contributed by atoms with Crippen molar-refractivity contribution in [3.05, 3.63) is 167 Å². The molecule has 3 fully saturated rings. The van der Waals surface area contributed by atoms with Gasteiger partial charge in [-0.2, -0.15) is 0 Å². The number of carbonyl (C=O) groups is 3. The Kier molecular flexibility index (Phi) is 13.1. The number of nitrogens with zero attached hydrogens (tertiary/aromatic N) is 3. The molecule has 0 aromatic heterocycles. The summed E-state index contributed by atoms with van der Waals surface area (Å²) >= 11 is 0. The third kappa shape index (κ3) is 10.0. The molecule has 5 aromatic rings. The molecule has 0 aliphatic carbocycles. The lowest BCUT2D eigenvalue weighted by molar-refractivity contribution is -0.276. The molecule has 0 spiro atoms. The van der Waals surface area contributed by atoms with E-state index in [1.54, 1.807) is 0 Å². The number of ether oxygens (including phenoxy) is 3. The van der Waals surface area contributed by atoms with Gasteiger partial charge in [-0.25, -0.2) is 4.79 Å². The number of hydrogen-bond donors (Lipinski definition) is 2. The molecular weight excluding hydrogens is 757 g/mol. The lowest BCUT2D eigenvalue weighted by Gasteiger charge is -2.44. The molecular formula is C49H52N4O7. The van der Waals surface area contributed by atoms with Crippen LogP contribution < -0.4 is 5.32 Å². The van der Waals surface area contributed by atoms with Crippen LogP contribution in [-0.4, -0.2) is 82.6 Å². The zero-order valence-corrected chi connectivity index (χ0v) is 33.9. The maximum atomic E-state index is 13.2. The quantitative estimate of drug-likeness (QED) is 0.121. The summed E-state index contributed by atoms with van der Waals surface area (Å²) in [6.45, 7) is 8.04. The van der Waals surface area contributed by atoms with Crippen LogP contribution in [0.4, 0.5) is 4.79 Å². The van der Waals surface area contributed by atoms with Crippen molar-refractivity contribution in [2.45, 2.75) is 64.2 Å². The van der Waals surface area contributed by atoms with Gasteiger partial charge >= 0.3 is 6.09 Å². The predicted molar refractivity (Wildman–Crippen MR) is 227 cm³/mol. The average Bonchev–Trinajstić information content (AvgIpc) is 3.54. The van der Waals surface area contributed by atoms with E-state index in [0.29, 0.717) is 0 Å². The molecule has 1 unspecified atom stereocenters. The van der Waals surface area contributed by atoms with Crippen molar-refractivity contribution in [3.63, 3.8) is 0 Å². The van der Waals surface area contributed by atoms with Crippen LogP contribution in [-0.2, 0) is 50.1 Å². The second-order valence-corrected chi connectivity index (χ2v) is 16.0. The number of rotatable bonds is 13. The van der Waals surface area contributed by atoms with Crippen molar-refractivity contribution in [2.75, 3.05) is 32.7 Å². The van der Waals surface area contributed by atoms with Gasteiger partial charge in [-0.05, 0) is 45.0 Å². The lowest BCUT2D eigenvalue weighted by atomic mass is 9.89. The smallest absolute Gasteiger partial charge is 0.408 e. The molecule has 2 N–H and O–H groups in total. The highest BCUT2D eigenvalue weighted by Gasteiger charge is 2.41. The van der Waals surface area contributed by atoms with E-state index in [1.165, 1.54) is 10.5 Å². The first kappa shape index (κ1) is 41.1. The number of aliphatic hydroxyl groups is 1. The van der Waals surface area contributed by atoms with Gasteiger partial charge < -0.3 is 24.6 Å². The number of aliphatic hydroxyl groups excluding tert-OH is 1. The van der Waals surface area contributed by atoms with Gasteiger partial charge in [0.05, 0.1) is 31.8 Å². The first-order valence-corrected chi connectivity index (χ1v) is 20.8. The summed E-state index contributed by atoms with van der Waals surface area (Å²) in [6.07, 6.45) is -1.73. The first-order chi connectivity index (χ1) is 29.3. The Hall–Kier alpha value is -5.69. The standard InChI is InChI=1S/C49H52N4O7/c1-34-44(31-52-25-23-51(24-26-52)29-35-9-4-2-5-10-35)59-48(60-46(34)40-17-15-36(32-54)16-18-40)41-21-19-39(20-22-41)42-14-8-13-38(27-42)30-53-45(55)28-43(47(53)56)50-49(57)58-33-37-11-6-3-7-12-37/h2-22,27,34,43-44,46,48,54H,23-26,28-33H2,1H3,(H,50,57)/t34-,43?,44+,46+,48+/m1/s1. The van der Waals surface area contributed by atoms with Gasteiger partial charge in [0.1, 0.15) is 12.6 Å². The summed E-state index contributed by atoms with van der Waals surface area (Å²) in [7, 11) is 0. The fourth-order valence-corrected chi connectivity index (χ4v) is 8.29. The highest BCUT2D eigenvalue weighted by molar-refractivity contribution is 6.06. The maximum Gasteiger partial charge on any atom is 0.408 e. The van der Waals surface area contributed by atoms with Crippen molar-refractivity contribution < 1.29 is 33.7 Å². The molecule has 3 amide bonds. The van der Waals surface area contributed by atoms with Crippen LogP contribution in [0, 0.1) is 5.92 Å². The molecule has 0 bridgehead atoms. The van der Waals surface area contributed by atoms with Crippen molar-refractivity contribution in [3.8, 4) is 11.1 Å². The molecule has 60 heavy (non-hydrogen) atoms. The summed E-state index contributed by atoms with van der Waals surface area (Å²) in [6, 6.07) is 42.8. The minimum atomic E-state index is -0.974.